The minimum Gasteiger partial charge on any atom is -0.377 e. The molecule has 1 aromatic carbocycles. The molecule has 1 unspecified atom stereocenters. The quantitative estimate of drug-likeness (QED) is 0.906. The molecule has 1 fully saturated rings. The first-order valence-corrected chi connectivity index (χ1v) is 9.17. The molecule has 118 valence electrons. The van der Waals surface area contributed by atoms with Gasteiger partial charge >= 0.3 is 0 Å². The predicted octanol–water partition coefficient (Wildman–Crippen LogP) is 2.41. The molecule has 1 aliphatic heterocycles. The van der Waals surface area contributed by atoms with E-state index in [1.54, 1.807) is 12.1 Å². The van der Waals surface area contributed by atoms with Crippen LogP contribution in [0.25, 0.3) is 10.6 Å². The summed E-state index contributed by atoms with van der Waals surface area (Å²) in [6.45, 7) is 0.952. The van der Waals surface area contributed by atoms with Gasteiger partial charge in [0.05, 0.1) is 12.3 Å². The molecule has 1 aromatic heterocycles. The van der Waals surface area contributed by atoms with Crippen molar-refractivity contribution in [2.24, 2.45) is 0 Å². The van der Waals surface area contributed by atoms with E-state index < -0.39 is 10.0 Å². The molecule has 1 N–H and O–H groups in total. The maximum atomic E-state index is 12.9. The summed E-state index contributed by atoms with van der Waals surface area (Å²) in [5, 5.41) is 0.539. The van der Waals surface area contributed by atoms with Crippen LogP contribution in [0.3, 0.4) is 0 Å². The number of aromatic nitrogens is 1. The van der Waals surface area contributed by atoms with Crippen molar-refractivity contribution in [3.63, 3.8) is 0 Å². The van der Waals surface area contributed by atoms with Crippen molar-refractivity contribution in [3.05, 3.63) is 36.3 Å². The van der Waals surface area contributed by atoms with Gasteiger partial charge in [0.25, 0.3) is 10.0 Å². The van der Waals surface area contributed by atoms with E-state index in [1.807, 2.05) is 0 Å². The molecule has 0 spiro atoms. The van der Waals surface area contributed by atoms with Gasteiger partial charge in [-0.3, -0.25) is 0 Å². The van der Waals surface area contributed by atoms with Gasteiger partial charge in [-0.15, -0.1) is 11.3 Å². The van der Waals surface area contributed by atoms with Gasteiger partial charge in [0, 0.05) is 18.7 Å². The molecular formula is C14H15FN2O3S2. The number of benzene rings is 1. The van der Waals surface area contributed by atoms with Crippen molar-refractivity contribution >= 4 is 21.4 Å². The maximum Gasteiger partial charge on any atom is 0.251 e. The lowest BCUT2D eigenvalue weighted by atomic mass is 10.2. The van der Waals surface area contributed by atoms with Crippen LogP contribution in [0.1, 0.15) is 12.8 Å². The van der Waals surface area contributed by atoms with Crippen LogP contribution in [-0.4, -0.2) is 32.7 Å². The van der Waals surface area contributed by atoms with Gasteiger partial charge in [0.2, 0.25) is 0 Å². The Morgan fingerprint density at radius 1 is 1.36 bits per heavy atom. The number of hydrogen-bond donors (Lipinski definition) is 1. The Kier molecular flexibility index (Phi) is 4.53. The summed E-state index contributed by atoms with van der Waals surface area (Å²) in [6, 6.07) is 5.79. The zero-order valence-corrected chi connectivity index (χ0v) is 13.3. The third-order valence-corrected chi connectivity index (χ3v) is 6.30. The highest BCUT2D eigenvalue weighted by Gasteiger charge is 2.22. The summed E-state index contributed by atoms with van der Waals surface area (Å²) in [7, 11) is -3.59. The normalized spacial score (nSPS) is 18.7. The number of rotatable bonds is 5. The lowest BCUT2D eigenvalue weighted by Crippen LogP contribution is -2.31. The second kappa shape index (κ2) is 6.41. The molecule has 2 aromatic rings. The van der Waals surface area contributed by atoms with Crippen molar-refractivity contribution in [2.45, 2.75) is 23.2 Å². The van der Waals surface area contributed by atoms with Crippen LogP contribution in [-0.2, 0) is 14.8 Å². The van der Waals surface area contributed by atoms with Crippen LogP contribution in [0.5, 0.6) is 0 Å². The number of halogens is 1. The van der Waals surface area contributed by atoms with Crippen molar-refractivity contribution in [3.8, 4) is 10.6 Å². The van der Waals surface area contributed by atoms with Gasteiger partial charge in [-0.25, -0.2) is 22.5 Å². The van der Waals surface area contributed by atoms with E-state index in [2.05, 4.69) is 9.71 Å². The number of thiazole rings is 1. The molecule has 0 saturated carbocycles. The Hall–Kier alpha value is -1.35. The van der Waals surface area contributed by atoms with Gasteiger partial charge in [0.15, 0.2) is 4.21 Å². The highest BCUT2D eigenvalue weighted by atomic mass is 32.2. The summed E-state index contributed by atoms with van der Waals surface area (Å²) >= 11 is 1.06. The van der Waals surface area contributed by atoms with Crippen LogP contribution in [0.2, 0.25) is 0 Å². The Bertz CT molecular complexity index is 738. The third-order valence-electron chi connectivity index (χ3n) is 3.37. The highest BCUT2D eigenvalue weighted by molar-refractivity contribution is 7.91. The molecule has 1 aliphatic rings. The van der Waals surface area contributed by atoms with Crippen molar-refractivity contribution in [1.82, 2.24) is 9.71 Å². The Morgan fingerprint density at radius 2 is 2.14 bits per heavy atom. The van der Waals surface area contributed by atoms with E-state index in [1.165, 1.54) is 18.3 Å². The average molecular weight is 342 g/mol. The fraction of sp³-hybridized carbons (Fsp3) is 0.357. The van der Waals surface area contributed by atoms with Crippen molar-refractivity contribution in [1.29, 1.82) is 0 Å². The van der Waals surface area contributed by atoms with Crippen LogP contribution in [0.4, 0.5) is 4.39 Å². The van der Waals surface area contributed by atoms with Gasteiger partial charge in [-0.2, -0.15) is 0 Å². The van der Waals surface area contributed by atoms with Gasteiger partial charge in [-0.05, 0) is 37.1 Å². The molecule has 0 bridgehead atoms. The monoisotopic (exact) mass is 342 g/mol. The molecule has 1 saturated heterocycles. The maximum absolute atomic E-state index is 12.9. The molecule has 0 radical (unpaired) electrons. The topological polar surface area (TPSA) is 68.3 Å². The summed E-state index contributed by atoms with van der Waals surface area (Å²) < 4.78 is 45.5. The fourth-order valence-corrected chi connectivity index (χ4v) is 4.44. The molecule has 3 rings (SSSR count). The molecule has 0 aliphatic carbocycles. The van der Waals surface area contributed by atoms with E-state index in [0.29, 0.717) is 17.2 Å². The number of nitrogens with zero attached hydrogens (tertiary/aromatic N) is 1. The standard InChI is InChI=1S/C14H15FN2O3S2/c15-11-5-3-10(4-6-11)14-16-9-13(21-14)22(18,19)17-8-12-2-1-7-20-12/h3-6,9,12,17H,1-2,7-8H2. The zero-order chi connectivity index (χ0) is 15.6. The number of ether oxygens (including phenoxy) is 1. The molecular weight excluding hydrogens is 327 g/mol. The molecule has 2 heterocycles. The van der Waals surface area contributed by atoms with Gasteiger partial charge in [-0.1, -0.05) is 0 Å². The summed E-state index contributed by atoms with van der Waals surface area (Å²) in [4.78, 5) is 4.11. The highest BCUT2D eigenvalue weighted by Crippen LogP contribution is 2.28. The van der Waals surface area contributed by atoms with Crippen LogP contribution in [0.15, 0.2) is 34.7 Å². The Morgan fingerprint density at radius 3 is 2.82 bits per heavy atom. The molecule has 8 heteroatoms. The van der Waals surface area contributed by atoms with E-state index in [9.17, 15) is 12.8 Å². The first-order valence-electron chi connectivity index (χ1n) is 6.88. The lowest BCUT2D eigenvalue weighted by Gasteiger charge is -2.09. The SMILES string of the molecule is O=S(=O)(NCC1CCCO1)c1cnc(-c2ccc(F)cc2)s1. The van der Waals surface area contributed by atoms with E-state index in [0.717, 1.165) is 24.2 Å². The fourth-order valence-electron chi connectivity index (χ4n) is 2.19. The minimum absolute atomic E-state index is 0.0562. The van der Waals surface area contributed by atoms with Gasteiger partial charge < -0.3 is 4.74 Å². The van der Waals surface area contributed by atoms with E-state index in [4.69, 9.17) is 4.74 Å². The van der Waals surface area contributed by atoms with Crippen LogP contribution >= 0.6 is 11.3 Å². The van der Waals surface area contributed by atoms with Crippen molar-refractivity contribution in [2.75, 3.05) is 13.2 Å². The molecule has 22 heavy (non-hydrogen) atoms. The van der Waals surface area contributed by atoms with E-state index in [-0.39, 0.29) is 22.7 Å². The molecule has 5 nitrogen and oxygen atoms in total. The van der Waals surface area contributed by atoms with Gasteiger partial charge in [0.1, 0.15) is 10.8 Å². The zero-order valence-electron chi connectivity index (χ0n) is 11.7. The Labute approximate surface area is 132 Å². The number of sulfonamides is 1. The predicted molar refractivity (Wildman–Crippen MR) is 81.7 cm³/mol. The minimum atomic E-state index is -3.59. The van der Waals surface area contributed by atoms with E-state index >= 15 is 0 Å². The summed E-state index contributed by atoms with van der Waals surface area (Å²) in [5.41, 5.74) is 0.687. The third kappa shape index (κ3) is 3.52. The lowest BCUT2D eigenvalue weighted by molar-refractivity contribution is 0.114. The first-order chi connectivity index (χ1) is 10.5. The molecule has 1 atom stereocenters. The van der Waals surface area contributed by atoms with Crippen LogP contribution in [0, 0.1) is 5.82 Å². The second-order valence-electron chi connectivity index (χ2n) is 4.98. The Balaban J connectivity index is 1.72. The molecule has 0 amide bonds. The average Bonchev–Trinajstić information content (AvgIpc) is 3.18. The van der Waals surface area contributed by atoms with Crippen molar-refractivity contribution < 1.29 is 17.5 Å². The van der Waals surface area contributed by atoms with Crippen LogP contribution < -0.4 is 4.72 Å². The summed E-state index contributed by atoms with van der Waals surface area (Å²) in [5.74, 6) is -0.341. The number of nitrogens with one attached hydrogen (secondary N) is 1. The summed E-state index contributed by atoms with van der Waals surface area (Å²) in [6.07, 6.45) is 3.09. The number of hydrogen-bond acceptors (Lipinski definition) is 5. The smallest absolute Gasteiger partial charge is 0.251 e. The first kappa shape index (κ1) is 15.5. The largest absolute Gasteiger partial charge is 0.377 e. The second-order valence-corrected chi connectivity index (χ2v) is 8.00.